The van der Waals surface area contributed by atoms with E-state index in [9.17, 15) is 13.5 Å². The molecule has 1 atom stereocenters. The SMILES string of the molecule is O=S(=O)(c1ccccc1)N(c1ccc2[nH]ccc2c1)c1ncnc2ccc(-c3ccc(CC4CCC5(CC4)CN5CO)cc3)cc12. The Morgan fingerprint density at radius 2 is 1.67 bits per heavy atom. The van der Waals surface area contributed by atoms with E-state index >= 15 is 0 Å². The molecule has 0 radical (unpaired) electrons. The van der Waals surface area contributed by atoms with Crippen molar-refractivity contribution in [2.24, 2.45) is 5.92 Å². The number of hydrogen-bond acceptors (Lipinski definition) is 6. The Kier molecular flexibility index (Phi) is 7.12. The van der Waals surface area contributed by atoms with Crippen LogP contribution in [0.25, 0.3) is 32.9 Å². The van der Waals surface area contributed by atoms with Gasteiger partial charge in [-0.1, -0.05) is 48.5 Å². The lowest BCUT2D eigenvalue weighted by atomic mass is 9.78. The normalized spacial score (nSPS) is 21.2. The van der Waals surface area contributed by atoms with Gasteiger partial charge >= 0.3 is 0 Å². The molecule has 8 rings (SSSR count). The predicted molar refractivity (Wildman–Crippen MR) is 181 cm³/mol. The molecule has 6 aromatic rings. The molecule has 4 aromatic carbocycles. The number of aliphatic hydroxyl groups excluding tert-OH is 1. The van der Waals surface area contributed by atoms with Gasteiger partial charge in [0.15, 0.2) is 5.82 Å². The van der Waals surface area contributed by atoms with Crippen LogP contribution in [-0.2, 0) is 16.4 Å². The van der Waals surface area contributed by atoms with Crippen LogP contribution in [0.15, 0.2) is 114 Å². The lowest BCUT2D eigenvalue weighted by molar-refractivity contribution is 0.149. The van der Waals surface area contributed by atoms with E-state index in [1.165, 1.54) is 41.9 Å². The van der Waals surface area contributed by atoms with Crippen LogP contribution in [0.3, 0.4) is 0 Å². The van der Waals surface area contributed by atoms with Gasteiger partial charge in [-0.2, -0.15) is 0 Å². The third kappa shape index (κ3) is 5.14. The first-order valence-corrected chi connectivity index (χ1v) is 17.3. The van der Waals surface area contributed by atoms with Gasteiger partial charge in [0.05, 0.1) is 22.8 Å². The molecule has 2 N–H and O–H groups in total. The van der Waals surface area contributed by atoms with Crippen molar-refractivity contribution in [1.82, 2.24) is 19.9 Å². The van der Waals surface area contributed by atoms with Crippen LogP contribution >= 0.6 is 0 Å². The molecule has 1 aliphatic carbocycles. The van der Waals surface area contributed by atoms with Gasteiger partial charge in [0.25, 0.3) is 10.0 Å². The van der Waals surface area contributed by atoms with Crippen molar-refractivity contribution in [1.29, 1.82) is 0 Å². The van der Waals surface area contributed by atoms with E-state index in [2.05, 4.69) is 44.1 Å². The summed E-state index contributed by atoms with van der Waals surface area (Å²) < 4.78 is 30.0. The maximum atomic E-state index is 14.3. The van der Waals surface area contributed by atoms with E-state index in [0.717, 1.165) is 35.0 Å². The number of aromatic amines is 1. The topological polar surface area (TPSA) is 102 Å². The van der Waals surface area contributed by atoms with Crippen molar-refractivity contribution < 1.29 is 13.5 Å². The second-order valence-corrected chi connectivity index (χ2v) is 14.5. The maximum Gasteiger partial charge on any atom is 0.269 e. The number of aliphatic hydroxyl groups is 1. The predicted octanol–water partition coefficient (Wildman–Crippen LogP) is 7.04. The first-order chi connectivity index (χ1) is 22.4. The van der Waals surface area contributed by atoms with E-state index in [1.54, 1.807) is 36.4 Å². The van der Waals surface area contributed by atoms with E-state index < -0.39 is 10.0 Å². The monoisotopic (exact) mass is 629 g/mol. The highest BCUT2D eigenvalue weighted by atomic mass is 32.2. The van der Waals surface area contributed by atoms with Crippen LogP contribution in [0.5, 0.6) is 0 Å². The van der Waals surface area contributed by atoms with Crippen LogP contribution in [-0.4, -0.2) is 52.2 Å². The van der Waals surface area contributed by atoms with Crippen molar-refractivity contribution in [3.63, 3.8) is 0 Å². The number of anilines is 2. The fourth-order valence-electron chi connectivity index (χ4n) is 7.20. The third-order valence-corrected chi connectivity index (χ3v) is 11.7. The summed E-state index contributed by atoms with van der Waals surface area (Å²) in [6.07, 6.45) is 9.07. The van der Waals surface area contributed by atoms with Crippen LogP contribution in [0.2, 0.25) is 0 Å². The molecule has 3 heterocycles. The molecule has 1 saturated heterocycles. The average Bonchev–Trinajstić information content (AvgIpc) is 3.56. The van der Waals surface area contributed by atoms with Crippen molar-refractivity contribution >= 4 is 43.3 Å². The Balaban J connectivity index is 1.13. The van der Waals surface area contributed by atoms with Crippen LogP contribution < -0.4 is 4.31 Å². The summed E-state index contributed by atoms with van der Waals surface area (Å²) in [6, 6.07) is 30.6. The molecule has 1 saturated carbocycles. The summed E-state index contributed by atoms with van der Waals surface area (Å²) in [4.78, 5) is 14.6. The van der Waals surface area contributed by atoms with Crippen molar-refractivity contribution in [3.8, 4) is 11.1 Å². The minimum Gasteiger partial charge on any atom is -0.381 e. The van der Waals surface area contributed by atoms with Gasteiger partial charge in [-0.05, 0) is 103 Å². The molecule has 0 bridgehead atoms. The van der Waals surface area contributed by atoms with Gasteiger partial charge in [-0.3, -0.25) is 4.90 Å². The standard InChI is InChI=1S/C37H35N5O3S/c43-25-41-23-37(41)17-14-27(15-18-37)20-26-6-8-28(9-7-26)29-10-12-35-33(22-29)36(40-24-39-35)42(46(44,45)32-4-2-1-3-5-32)31-11-13-34-30(21-31)16-19-38-34/h1-13,16,19,21-22,24,27,38,43H,14-15,17-18,20,23,25H2. The molecular formula is C37H35N5O3S. The highest BCUT2D eigenvalue weighted by Crippen LogP contribution is 2.46. The molecule has 1 aliphatic heterocycles. The molecule has 0 amide bonds. The van der Waals surface area contributed by atoms with Crippen molar-refractivity contribution in [2.45, 2.75) is 42.5 Å². The quantitative estimate of drug-likeness (QED) is 0.175. The Morgan fingerprint density at radius 1 is 0.891 bits per heavy atom. The molecule has 2 fully saturated rings. The van der Waals surface area contributed by atoms with Crippen molar-refractivity contribution in [2.75, 3.05) is 17.6 Å². The van der Waals surface area contributed by atoms with E-state index in [0.29, 0.717) is 28.3 Å². The van der Waals surface area contributed by atoms with Crippen LogP contribution in [0, 0.1) is 5.92 Å². The summed E-state index contributed by atoms with van der Waals surface area (Å²) >= 11 is 0. The molecule has 1 unspecified atom stereocenters. The zero-order valence-corrected chi connectivity index (χ0v) is 26.2. The highest BCUT2D eigenvalue weighted by Gasteiger charge is 2.52. The number of aromatic nitrogens is 3. The number of rotatable bonds is 8. The van der Waals surface area contributed by atoms with Gasteiger partial charge in [0, 0.05) is 34.6 Å². The minimum absolute atomic E-state index is 0.179. The summed E-state index contributed by atoms with van der Waals surface area (Å²) in [5.41, 5.74) is 5.68. The van der Waals surface area contributed by atoms with E-state index in [4.69, 9.17) is 0 Å². The second kappa shape index (κ2) is 11.3. The largest absolute Gasteiger partial charge is 0.381 e. The number of H-pyrrole nitrogens is 1. The van der Waals surface area contributed by atoms with Crippen molar-refractivity contribution in [3.05, 3.63) is 115 Å². The summed E-state index contributed by atoms with van der Waals surface area (Å²) in [5, 5.41) is 11.0. The molecule has 2 aromatic heterocycles. The zero-order chi connectivity index (χ0) is 31.3. The van der Waals surface area contributed by atoms with Gasteiger partial charge < -0.3 is 10.1 Å². The molecule has 2 aliphatic rings. The lowest BCUT2D eigenvalue weighted by Crippen LogP contribution is -2.27. The Hall–Kier alpha value is -4.57. The number of nitrogens with zero attached hydrogens (tertiary/aromatic N) is 4. The second-order valence-electron chi connectivity index (χ2n) is 12.7. The van der Waals surface area contributed by atoms with Crippen LogP contribution in [0.1, 0.15) is 31.2 Å². The molecule has 232 valence electrons. The Morgan fingerprint density at radius 3 is 2.43 bits per heavy atom. The van der Waals surface area contributed by atoms with E-state index in [1.807, 2.05) is 42.6 Å². The first kappa shape index (κ1) is 28.9. The van der Waals surface area contributed by atoms with E-state index in [-0.39, 0.29) is 17.2 Å². The molecular weight excluding hydrogens is 595 g/mol. The van der Waals surface area contributed by atoms with Gasteiger partial charge in [0.2, 0.25) is 0 Å². The smallest absolute Gasteiger partial charge is 0.269 e. The number of fused-ring (bicyclic) bond motifs is 2. The number of benzene rings is 4. The van der Waals surface area contributed by atoms with Crippen LogP contribution in [0.4, 0.5) is 11.5 Å². The van der Waals surface area contributed by atoms with Gasteiger partial charge in [-0.15, -0.1) is 0 Å². The summed E-state index contributed by atoms with van der Waals surface area (Å²) in [6.45, 7) is 1.22. The fourth-order valence-corrected chi connectivity index (χ4v) is 8.68. The molecule has 9 heteroatoms. The van der Waals surface area contributed by atoms with Gasteiger partial charge in [-0.25, -0.2) is 22.7 Å². The molecule has 1 spiro atoms. The minimum atomic E-state index is -4.04. The molecule has 46 heavy (non-hydrogen) atoms. The highest BCUT2D eigenvalue weighted by molar-refractivity contribution is 7.93. The first-order valence-electron chi connectivity index (χ1n) is 15.8. The maximum absolute atomic E-state index is 14.3. The third-order valence-electron chi connectivity index (χ3n) is 9.93. The average molecular weight is 630 g/mol. The van der Waals surface area contributed by atoms with Gasteiger partial charge in [0.1, 0.15) is 6.33 Å². The Labute approximate surface area is 268 Å². The summed E-state index contributed by atoms with van der Waals surface area (Å²) in [5.74, 6) is 0.966. The lowest BCUT2D eigenvalue weighted by Gasteiger charge is -2.29. The fraction of sp³-hybridized carbons (Fsp3) is 0.243. The molecule has 8 nitrogen and oxygen atoms in total. The number of hydrogen-bond donors (Lipinski definition) is 2. The summed E-state index contributed by atoms with van der Waals surface area (Å²) in [7, 11) is -4.04. The Bertz CT molecular complexity index is 2140. The number of nitrogens with one attached hydrogen (secondary N) is 1. The number of sulfonamides is 1. The zero-order valence-electron chi connectivity index (χ0n) is 25.4.